The molecule has 5 nitrogen and oxygen atoms in total. The topological polar surface area (TPSA) is 84.2 Å². The fourth-order valence-electron chi connectivity index (χ4n) is 2.07. The Kier molecular flexibility index (Phi) is 6.45. The number of hydrogen-bond acceptors (Lipinski definition) is 3. The molecule has 0 aliphatic carbocycles. The smallest absolute Gasteiger partial charge is 0.251 e. The van der Waals surface area contributed by atoms with Crippen LogP contribution in [0.1, 0.15) is 32.7 Å². The first-order valence-electron chi connectivity index (χ1n) is 7.71. The minimum absolute atomic E-state index is 0.148. The number of carbonyl (C=O) groups excluding carboxylic acids is 2. The van der Waals surface area contributed by atoms with Crippen molar-refractivity contribution in [3.8, 4) is 0 Å². The van der Waals surface area contributed by atoms with Crippen LogP contribution in [-0.4, -0.2) is 24.9 Å². The number of halogens is 1. The Morgan fingerprint density at radius 2 is 1.42 bits per heavy atom. The Balaban J connectivity index is 1.86. The molecule has 4 N–H and O–H groups in total. The summed E-state index contributed by atoms with van der Waals surface area (Å²) in [5, 5.41) is 5.53. The van der Waals surface area contributed by atoms with Crippen molar-refractivity contribution in [1.29, 1.82) is 0 Å². The first-order valence-corrected chi connectivity index (χ1v) is 7.71. The van der Waals surface area contributed by atoms with Crippen molar-refractivity contribution in [2.75, 3.05) is 13.1 Å². The summed E-state index contributed by atoms with van der Waals surface area (Å²) in [6.07, 6.45) is 0.735. The molecule has 6 heteroatoms. The predicted octanol–water partition coefficient (Wildman–Crippen LogP) is 1.83. The molecular formula is C18H20FN3O2. The van der Waals surface area contributed by atoms with Crippen molar-refractivity contribution in [3.05, 3.63) is 71.0 Å². The van der Waals surface area contributed by atoms with Gasteiger partial charge in [-0.2, -0.15) is 0 Å². The molecule has 0 unspecified atom stereocenters. The van der Waals surface area contributed by atoms with E-state index < -0.39 is 0 Å². The lowest BCUT2D eigenvalue weighted by Crippen LogP contribution is -2.26. The molecule has 0 aliphatic heterocycles. The van der Waals surface area contributed by atoms with Gasteiger partial charge in [0.2, 0.25) is 0 Å². The molecule has 0 heterocycles. The number of rotatable bonds is 7. The second-order valence-corrected chi connectivity index (χ2v) is 5.28. The molecule has 2 amide bonds. The van der Waals surface area contributed by atoms with E-state index in [9.17, 15) is 14.0 Å². The summed E-state index contributed by atoms with van der Waals surface area (Å²) in [6.45, 7) is 1.41. The number of nitrogens with one attached hydrogen (secondary N) is 2. The summed E-state index contributed by atoms with van der Waals surface area (Å²) in [5.74, 6) is -0.809. The van der Waals surface area contributed by atoms with E-state index in [4.69, 9.17) is 5.73 Å². The Hall–Kier alpha value is -2.73. The second kappa shape index (κ2) is 8.79. The van der Waals surface area contributed by atoms with E-state index in [0.29, 0.717) is 30.8 Å². The van der Waals surface area contributed by atoms with Crippen LogP contribution in [-0.2, 0) is 6.54 Å². The van der Waals surface area contributed by atoms with Gasteiger partial charge in [-0.1, -0.05) is 12.1 Å². The van der Waals surface area contributed by atoms with Crippen molar-refractivity contribution in [2.24, 2.45) is 5.73 Å². The first kappa shape index (κ1) is 17.6. The Morgan fingerprint density at radius 3 is 2.00 bits per heavy atom. The normalized spacial score (nSPS) is 10.2. The second-order valence-electron chi connectivity index (χ2n) is 5.28. The van der Waals surface area contributed by atoms with Gasteiger partial charge in [-0.15, -0.1) is 0 Å². The molecule has 0 aliphatic rings. The minimum Gasteiger partial charge on any atom is -0.352 e. The van der Waals surface area contributed by atoms with Crippen molar-refractivity contribution in [2.45, 2.75) is 13.0 Å². The zero-order chi connectivity index (χ0) is 17.4. The van der Waals surface area contributed by atoms with Gasteiger partial charge in [-0.3, -0.25) is 9.59 Å². The number of carbonyl (C=O) groups is 2. The molecule has 0 bridgehead atoms. The SMILES string of the molecule is NCCCNC(=O)c1ccc(CNC(=O)c2ccc(F)cc2)cc1. The van der Waals surface area contributed by atoms with Crippen LogP contribution in [0.3, 0.4) is 0 Å². The highest BCUT2D eigenvalue weighted by atomic mass is 19.1. The van der Waals surface area contributed by atoms with E-state index in [1.165, 1.54) is 24.3 Å². The molecule has 2 aromatic rings. The van der Waals surface area contributed by atoms with E-state index >= 15 is 0 Å². The summed E-state index contributed by atoms with van der Waals surface area (Å²) in [5.41, 5.74) is 7.19. The Morgan fingerprint density at radius 1 is 0.875 bits per heavy atom. The van der Waals surface area contributed by atoms with Gasteiger partial charge in [-0.25, -0.2) is 4.39 Å². The van der Waals surface area contributed by atoms with Crippen LogP contribution in [0.15, 0.2) is 48.5 Å². The van der Waals surface area contributed by atoms with Crippen LogP contribution < -0.4 is 16.4 Å². The van der Waals surface area contributed by atoms with Crippen LogP contribution in [0.2, 0.25) is 0 Å². The van der Waals surface area contributed by atoms with Gasteiger partial charge in [0.15, 0.2) is 0 Å². The first-order chi connectivity index (χ1) is 11.6. The van der Waals surface area contributed by atoms with Crippen LogP contribution in [0.25, 0.3) is 0 Å². The van der Waals surface area contributed by atoms with Gasteiger partial charge in [0, 0.05) is 24.2 Å². The number of nitrogens with two attached hydrogens (primary N) is 1. The average Bonchev–Trinajstić information content (AvgIpc) is 2.61. The van der Waals surface area contributed by atoms with Gasteiger partial charge in [0.05, 0.1) is 0 Å². The van der Waals surface area contributed by atoms with Crippen LogP contribution in [0, 0.1) is 5.82 Å². The molecule has 126 valence electrons. The highest BCUT2D eigenvalue weighted by Gasteiger charge is 2.07. The zero-order valence-corrected chi connectivity index (χ0v) is 13.2. The van der Waals surface area contributed by atoms with Crippen molar-refractivity contribution >= 4 is 11.8 Å². The Bertz CT molecular complexity index is 684. The molecular weight excluding hydrogens is 309 g/mol. The molecule has 0 fully saturated rings. The summed E-state index contributed by atoms with van der Waals surface area (Å²) >= 11 is 0. The summed E-state index contributed by atoms with van der Waals surface area (Å²) in [7, 11) is 0. The largest absolute Gasteiger partial charge is 0.352 e. The zero-order valence-electron chi connectivity index (χ0n) is 13.2. The minimum atomic E-state index is -0.383. The van der Waals surface area contributed by atoms with Crippen LogP contribution in [0.4, 0.5) is 4.39 Å². The van der Waals surface area contributed by atoms with E-state index in [-0.39, 0.29) is 17.6 Å². The molecule has 24 heavy (non-hydrogen) atoms. The highest BCUT2D eigenvalue weighted by Crippen LogP contribution is 2.06. The molecule has 0 saturated heterocycles. The molecule has 0 aromatic heterocycles. The van der Waals surface area contributed by atoms with E-state index in [1.807, 2.05) is 0 Å². The molecule has 0 radical (unpaired) electrons. The van der Waals surface area contributed by atoms with Gasteiger partial charge in [0.1, 0.15) is 5.82 Å². The number of amides is 2. The monoisotopic (exact) mass is 329 g/mol. The Labute approximate surface area is 140 Å². The van der Waals surface area contributed by atoms with Crippen molar-refractivity contribution < 1.29 is 14.0 Å². The lowest BCUT2D eigenvalue weighted by atomic mass is 10.1. The fourth-order valence-corrected chi connectivity index (χ4v) is 2.07. The third-order valence-electron chi connectivity index (χ3n) is 3.44. The van der Waals surface area contributed by atoms with Gasteiger partial charge in [0.25, 0.3) is 11.8 Å². The average molecular weight is 329 g/mol. The fraction of sp³-hybridized carbons (Fsp3) is 0.222. The number of hydrogen-bond donors (Lipinski definition) is 3. The van der Waals surface area contributed by atoms with E-state index in [2.05, 4.69) is 10.6 Å². The molecule has 2 aromatic carbocycles. The van der Waals surface area contributed by atoms with Crippen LogP contribution in [0.5, 0.6) is 0 Å². The van der Waals surface area contributed by atoms with Crippen molar-refractivity contribution in [1.82, 2.24) is 10.6 Å². The van der Waals surface area contributed by atoms with E-state index in [1.54, 1.807) is 24.3 Å². The maximum absolute atomic E-state index is 12.8. The maximum atomic E-state index is 12.8. The van der Waals surface area contributed by atoms with E-state index in [0.717, 1.165) is 12.0 Å². The summed E-state index contributed by atoms with van der Waals surface area (Å²) < 4.78 is 12.8. The number of benzene rings is 2. The van der Waals surface area contributed by atoms with Gasteiger partial charge < -0.3 is 16.4 Å². The predicted molar refractivity (Wildman–Crippen MR) is 90.0 cm³/mol. The maximum Gasteiger partial charge on any atom is 0.251 e. The molecule has 2 rings (SSSR count). The lowest BCUT2D eigenvalue weighted by molar-refractivity contribution is 0.0942. The molecule has 0 spiro atoms. The van der Waals surface area contributed by atoms with Gasteiger partial charge in [-0.05, 0) is 54.9 Å². The highest BCUT2D eigenvalue weighted by molar-refractivity contribution is 5.94. The third kappa shape index (κ3) is 5.17. The molecule has 0 saturated carbocycles. The van der Waals surface area contributed by atoms with Crippen molar-refractivity contribution in [3.63, 3.8) is 0 Å². The summed E-state index contributed by atoms with van der Waals surface area (Å²) in [4.78, 5) is 23.8. The van der Waals surface area contributed by atoms with Gasteiger partial charge >= 0.3 is 0 Å². The standard InChI is InChI=1S/C18H20FN3O2/c19-16-8-6-15(7-9-16)18(24)22-12-13-2-4-14(5-3-13)17(23)21-11-1-10-20/h2-9H,1,10-12,20H2,(H,21,23)(H,22,24). The van der Waals surface area contributed by atoms with Crippen LogP contribution >= 0.6 is 0 Å². The lowest BCUT2D eigenvalue weighted by Gasteiger charge is -2.07. The quantitative estimate of drug-likeness (QED) is 0.678. The third-order valence-corrected chi connectivity index (χ3v) is 3.44. The summed E-state index contributed by atoms with van der Waals surface area (Å²) in [6, 6.07) is 12.3. The molecule has 0 atom stereocenters.